The zero-order chi connectivity index (χ0) is 12.1. The van der Waals surface area contributed by atoms with E-state index in [1.165, 1.54) is 0 Å². The Kier molecular flexibility index (Phi) is 5.06. The Morgan fingerprint density at radius 1 is 1.44 bits per heavy atom. The Morgan fingerprint density at radius 3 is 2.50 bits per heavy atom. The third-order valence-electron chi connectivity index (χ3n) is 2.56. The van der Waals surface area contributed by atoms with Crippen molar-refractivity contribution in [3.8, 4) is 0 Å². The summed E-state index contributed by atoms with van der Waals surface area (Å²) in [7, 11) is 0. The number of halogens is 1. The lowest BCUT2D eigenvalue weighted by molar-refractivity contribution is -0.117. The van der Waals surface area contributed by atoms with Crippen LogP contribution in [0, 0.1) is 5.92 Å². The maximum absolute atomic E-state index is 11.7. The third-order valence-corrected chi connectivity index (χ3v) is 2.81. The first kappa shape index (κ1) is 13.3. The fourth-order valence-corrected chi connectivity index (χ4v) is 1.52. The highest BCUT2D eigenvalue weighted by atomic mass is 35.5. The van der Waals surface area contributed by atoms with Gasteiger partial charge in [-0.05, 0) is 25.2 Å². The Morgan fingerprint density at radius 2 is 2.06 bits per heavy atom. The predicted molar refractivity (Wildman–Crippen MR) is 63.4 cm³/mol. The van der Waals surface area contributed by atoms with Crippen molar-refractivity contribution in [2.75, 3.05) is 12.4 Å². The number of urea groups is 1. The van der Waals surface area contributed by atoms with Gasteiger partial charge in [-0.15, -0.1) is 11.6 Å². The number of nitrogens with zero attached hydrogens (tertiary/aromatic N) is 1. The maximum Gasteiger partial charge on any atom is 0.324 e. The zero-order valence-electron chi connectivity index (χ0n) is 9.83. The molecule has 0 saturated heterocycles. The molecular formula is C11H19ClN2O2. The van der Waals surface area contributed by atoms with E-state index in [4.69, 9.17) is 11.6 Å². The van der Waals surface area contributed by atoms with Gasteiger partial charge in [0.05, 0.1) is 0 Å². The summed E-state index contributed by atoms with van der Waals surface area (Å²) in [6.45, 7) is 4.95. The molecule has 16 heavy (non-hydrogen) atoms. The third kappa shape index (κ3) is 4.39. The molecule has 1 aliphatic carbocycles. The van der Waals surface area contributed by atoms with Crippen molar-refractivity contribution >= 4 is 23.5 Å². The SMILES string of the molecule is CC(C)CCN(C(=O)NC(=O)CCl)C1CC1. The van der Waals surface area contributed by atoms with Crippen LogP contribution in [-0.2, 0) is 4.79 Å². The van der Waals surface area contributed by atoms with Gasteiger partial charge in [0.25, 0.3) is 0 Å². The smallest absolute Gasteiger partial charge is 0.321 e. The monoisotopic (exact) mass is 246 g/mol. The van der Waals surface area contributed by atoms with Crippen LogP contribution in [0.1, 0.15) is 33.1 Å². The fourth-order valence-electron chi connectivity index (χ4n) is 1.46. The van der Waals surface area contributed by atoms with Crippen LogP contribution in [0.15, 0.2) is 0 Å². The summed E-state index contributed by atoms with van der Waals surface area (Å²) in [6.07, 6.45) is 3.04. The molecule has 1 aliphatic rings. The normalized spacial score (nSPS) is 15.0. The first-order chi connectivity index (χ1) is 7.54. The Bertz CT molecular complexity index is 265. The van der Waals surface area contributed by atoms with E-state index >= 15 is 0 Å². The second-order valence-corrected chi connectivity index (χ2v) is 4.86. The number of rotatable bonds is 5. The Hall–Kier alpha value is -0.770. The number of alkyl halides is 1. The van der Waals surface area contributed by atoms with Gasteiger partial charge in [-0.25, -0.2) is 4.79 Å². The molecule has 0 atom stereocenters. The highest BCUT2D eigenvalue weighted by Gasteiger charge is 2.32. The van der Waals surface area contributed by atoms with Crippen LogP contribution in [0.5, 0.6) is 0 Å². The number of nitrogens with one attached hydrogen (secondary N) is 1. The molecule has 3 amide bonds. The summed E-state index contributed by atoms with van der Waals surface area (Å²) in [4.78, 5) is 24.5. The van der Waals surface area contributed by atoms with Gasteiger partial charge < -0.3 is 4.90 Å². The summed E-state index contributed by atoms with van der Waals surface area (Å²) in [6, 6.07) is 0.0238. The quantitative estimate of drug-likeness (QED) is 0.754. The van der Waals surface area contributed by atoms with Gasteiger partial charge in [0.1, 0.15) is 5.88 Å². The van der Waals surface area contributed by atoms with Gasteiger partial charge in [-0.3, -0.25) is 10.1 Å². The molecule has 1 saturated carbocycles. The molecular weight excluding hydrogens is 228 g/mol. The van der Waals surface area contributed by atoms with Crippen LogP contribution in [0.3, 0.4) is 0 Å². The molecule has 0 heterocycles. The van der Waals surface area contributed by atoms with E-state index < -0.39 is 5.91 Å². The second-order valence-electron chi connectivity index (χ2n) is 4.59. The van der Waals surface area contributed by atoms with Crippen LogP contribution in [-0.4, -0.2) is 35.3 Å². The van der Waals surface area contributed by atoms with Crippen LogP contribution >= 0.6 is 11.6 Å². The minimum Gasteiger partial charge on any atom is -0.321 e. The standard InChI is InChI=1S/C11H19ClN2O2/c1-8(2)5-6-14(9-3-4-9)11(16)13-10(15)7-12/h8-9H,3-7H2,1-2H3,(H,13,15,16). The summed E-state index contributed by atoms with van der Waals surface area (Å²) in [5.74, 6) is -0.0475. The molecule has 4 nitrogen and oxygen atoms in total. The van der Waals surface area contributed by atoms with Crippen LogP contribution in [0.2, 0.25) is 0 Å². The maximum atomic E-state index is 11.7. The molecule has 0 aliphatic heterocycles. The number of imide groups is 1. The van der Waals surface area contributed by atoms with E-state index in [1.54, 1.807) is 4.90 Å². The number of carbonyl (C=O) groups is 2. The average molecular weight is 247 g/mol. The summed E-state index contributed by atoms with van der Waals surface area (Å²) in [5.41, 5.74) is 0. The number of hydrogen-bond donors (Lipinski definition) is 1. The lowest BCUT2D eigenvalue weighted by Crippen LogP contribution is -2.45. The van der Waals surface area contributed by atoms with Gasteiger partial charge >= 0.3 is 6.03 Å². The highest BCUT2D eigenvalue weighted by Crippen LogP contribution is 2.27. The lowest BCUT2D eigenvalue weighted by Gasteiger charge is -2.23. The molecule has 0 unspecified atom stereocenters. The van der Waals surface area contributed by atoms with E-state index in [0.717, 1.165) is 19.3 Å². The molecule has 92 valence electrons. The van der Waals surface area contributed by atoms with Gasteiger partial charge in [-0.1, -0.05) is 13.8 Å². The minimum atomic E-state index is -0.429. The Labute approximate surface area is 101 Å². The van der Waals surface area contributed by atoms with Gasteiger partial charge in [0.15, 0.2) is 0 Å². The molecule has 1 rings (SSSR count). The van der Waals surface area contributed by atoms with E-state index in [9.17, 15) is 9.59 Å². The van der Waals surface area contributed by atoms with Crippen molar-refractivity contribution in [2.45, 2.75) is 39.2 Å². The second kappa shape index (κ2) is 6.09. The van der Waals surface area contributed by atoms with E-state index in [0.29, 0.717) is 18.5 Å². The number of hydrogen-bond acceptors (Lipinski definition) is 2. The van der Waals surface area contributed by atoms with Gasteiger partial charge in [0, 0.05) is 12.6 Å². The van der Waals surface area contributed by atoms with Crippen molar-refractivity contribution in [2.24, 2.45) is 5.92 Å². The van der Waals surface area contributed by atoms with E-state index in [-0.39, 0.29) is 11.9 Å². The molecule has 0 aromatic heterocycles. The zero-order valence-corrected chi connectivity index (χ0v) is 10.6. The minimum absolute atomic E-state index is 0.172. The fraction of sp³-hybridized carbons (Fsp3) is 0.818. The van der Waals surface area contributed by atoms with Crippen molar-refractivity contribution in [3.63, 3.8) is 0 Å². The molecule has 0 aromatic carbocycles. The predicted octanol–water partition coefficient (Wildman–Crippen LogP) is 1.97. The summed E-state index contributed by atoms with van der Waals surface area (Å²) in [5, 5.41) is 2.29. The molecule has 0 spiro atoms. The van der Waals surface area contributed by atoms with Crippen molar-refractivity contribution in [3.05, 3.63) is 0 Å². The van der Waals surface area contributed by atoms with E-state index in [1.807, 2.05) is 0 Å². The van der Waals surface area contributed by atoms with Gasteiger partial charge in [0.2, 0.25) is 5.91 Å². The molecule has 1 N–H and O–H groups in total. The molecule has 0 radical (unpaired) electrons. The summed E-state index contributed by atoms with van der Waals surface area (Å²) >= 11 is 5.34. The first-order valence-electron chi connectivity index (χ1n) is 5.71. The van der Waals surface area contributed by atoms with Gasteiger partial charge in [-0.2, -0.15) is 0 Å². The molecule has 0 aromatic rings. The first-order valence-corrected chi connectivity index (χ1v) is 6.24. The van der Waals surface area contributed by atoms with Crippen molar-refractivity contribution in [1.82, 2.24) is 10.2 Å². The molecule has 1 fully saturated rings. The lowest BCUT2D eigenvalue weighted by atomic mass is 10.1. The summed E-state index contributed by atoms with van der Waals surface area (Å²) < 4.78 is 0. The number of carbonyl (C=O) groups excluding carboxylic acids is 2. The largest absolute Gasteiger partial charge is 0.324 e. The highest BCUT2D eigenvalue weighted by molar-refractivity contribution is 6.28. The van der Waals surface area contributed by atoms with Crippen molar-refractivity contribution in [1.29, 1.82) is 0 Å². The Balaban J connectivity index is 2.42. The number of amides is 3. The van der Waals surface area contributed by atoms with Crippen LogP contribution in [0.4, 0.5) is 4.79 Å². The molecule has 0 bridgehead atoms. The van der Waals surface area contributed by atoms with Crippen LogP contribution < -0.4 is 5.32 Å². The topological polar surface area (TPSA) is 49.4 Å². The van der Waals surface area contributed by atoms with Crippen molar-refractivity contribution < 1.29 is 9.59 Å². The van der Waals surface area contributed by atoms with Crippen LogP contribution in [0.25, 0.3) is 0 Å². The average Bonchev–Trinajstić information content (AvgIpc) is 3.01. The van der Waals surface area contributed by atoms with E-state index in [2.05, 4.69) is 19.2 Å². The molecule has 5 heteroatoms.